The van der Waals surface area contributed by atoms with Crippen LogP contribution in [0.15, 0.2) is 18.2 Å². The molecule has 2 unspecified atom stereocenters. The molecule has 0 aliphatic heterocycles. The smallest absolute Gasteiger partial charge is 0.126 e. The summed E-state index contributed by atoms with van der Waals surface area (Å²) in [6.45, 7) is 6.39. The summed E-state index contributed by atoms with van der Waals surface area (Å²) in [4.78, 5) is 4.43. The van der Waals surface area contributed by atoms with Crippen molar-refractivity contribution in [2.45, 2.75) is 38.6 Å². The quantitative estimate of drug-likeness (QED) is 0.781. The molecule has 1 aromatic rings. The van der Waals surface area contributed by atoms with E-state index < -0.39 is 0 Å². The van der Waals surface area contributed by atoms with E-state index in [2.05, 4.69) is 24.1 Å². The van der Waals surface area contributed by atoms with E-state index in [0.29, 0.717) is 6.04 Å². The van der Waals surface area contributed by atoms with Crippen LogP contribution in [-0.4, -0.2) is 16.4 Å². The van der Waals surface area contributed by atoms with Crippen LogP contribution in [0.1, 0.15) is 26.0 Å². The number of nitrogens with one attached hydrogen (secondary N) is 1. The van der Waals surface area contributed by atoms with Crippen LogP contribution in [0.5, 0.6) is 0 Å². The molecule has 0 aromatic carbocycles. The van der Waals surface area contributed by atoms with Crippen LogP contribution in [0.3, 0.4) is 0 Å². The Hall–Kier alpha value is -0.760. The zero-order valence-corrected chi connectivity index (χ0v) is 10.2. The van der Waals surface area contributed by atoms with Gasteiger partial charge in [-0.25, -0.2) is 4.98 Å². The first-order valence-corrected chi connectivity index (χ1v) is 5.78. The maximum Gasteiger partial charge on any atom is 0.126 e. The third-order valence-electron chi connectivity index (χ3n) is 3.36. The van der Waals surface area contributed by atoms with Gasteiger partial charge in [-0.3, -0.25) is 0 Å². The van der Waals surface area contributed by atoms with Gasteiger partial charge in [-0.2, -0.15) is 0 Å². The Kier molecular flexibility index (Phi) is 2.63. The number of hydrogen-bond acceptors (Lipinski definition) is 2. The van der Waals surface area contributed by atoms with Gasteiger partial charge in [-0.05, 0) is 25.5 Å². The molecule has 15 heavy (non-hydrogen) atoms. The molecular formula is C12H17ClN2. The van der Waals surface area contributed by atoms with E-state index in [-0.39, 0.29) is 10.8 Å². The first kappa shape index (κ1) is 10.7. The lowest BCUT2D eigenvalue weighted by molar-refractivity contribution is 0.168. The van der Waals surface area contributed by atoms with Crippen molar-refractivity contribution in [1.29, 1.82) is 0 Å². The molecule has 0 bridgehead atoms. The fraction of sp³-hybridized carbons (Fsp3) is 0.583. The predicted molar refractivity (Wildman–Crippen MR) is 64.4 cm³/mol. The molecule has 0 saturated heterocycles. The second-order valence-electron chi connectivity index (χ2n) is 4.89. The van der Waals surface area contributed by atoms with Gasteiger partial charge in [-0.15, -0.1) is 11.6 Å². The van der Waals surface area contributed by atoms with Crippen LogP contribution in [0.2, 0.25) is 0 Å². The second-order valence-corrected chi connectivity index (χ2v) is 5.41. The third kappa shape index (κ3) is 1.96. The Balaban J connectivity index is 2.05. The first-order valence-electron chi connectivity index (χ1n) is 5.34. The number of aryl methyl sites for hydroxylation is 1. The molecule has 82 valence electrons. The zero-order chi connectivity index (χ0) is 11.1. The number of aromatic nitrogens is 1. The lowest BCUT2D eigenvalue weighted by Crippen LogP contribution is -2.54. The number of halogens is 1. The van der Waals surface area contributed by atoms with Crippen molar-refractivity contribution in [2.24, 2.45) is 5.41 Å². The Bertz CT molecular complexity index is 362. The SMILES string of the molecule is Cc1cccc(NC2CC(Cl)C2(C)C)n1. The molecule has 3 heteroatoms. The number of anilines is 1. The molecule has 0 amide bonds. The number of pyridine rings is 1. The predicted octanol–water partition coefficient (Wildman–Crippen LogP) is 3.21. The molecule has 2 nitrogen and oxygen atoms in total. The summed E-state index contributed by atoms with van der Waals surface area (Å²) >= 11 is 6.17. The average molecular weight is 225 g/mol. The summed E-state index contributed by atoms with van der Waals surface area (Å²) in [5, 5.41) is 3.72. The van der Waals surface area contributed by atoms with Crippen LogP contribution in [0.25, 0.3) is 0 Å². The minimum absolute atomic E-state index is 0.160. The van der Waals surface area contributed by atoms with Crippen molar-refractivity contribution in [1.82, 2.24) is 4.98 Å². The topological polar surface area (TPSA) is 24.9 Å². The highest BCUT2D eigenvalue weighted by Crippen LogP contribution is 2.45. The van der Waals surface area contributed by atoms with Crippen molar-refractivity contribution in [3.63, 3.8) is 0 Å². The van der Waals surface area contributed by atoms with Gasteiger partial charge in [0.15, 0.2) is 0 Å². The normalized spacial score (nSPS) is 28.3. The van der Waals surface area contributed by atoms with Gasteiger partial charge in [0, 0.05) is 22.5 Å². The van der Waals surface area contributed by atoms with Crippen LogP contribution in [-0.2, 0) is 0 Å². The first-order chi connectivity index (χ1) is 7.00. The summed E-state index contributed by atoms with van der Waals surface area (Å²) in [6.07, 6.45) is 1.02. The van der Waals surface area contributed by atoms with Gasteiger partial charge in [-0.1, -0.05) is 19.9 Å². The Morgan fingerprint density at radius 1 is 1.47 bits per heavy atom. The third-order valence-corrected chi connectivity index (χ3v) is 4.10. The molecule has 2 atom stereocenters. The molecule has 0 radical (unpaired) electrons. The highest BCUT2D eigenvalue weighted by Gasteiger charge is 2.47. The van der Waals surface area contributed by atoms with Crippen molar-refractivity contribution in [3.05, 3.63) is 23.9 Å². The fourth-order valence-electron chi connectivity index (χ4n) is 1.92. The summed E-state index contributed by atoms with van der Waals surface area (Å²) in [5.74, 6) is 0.955. The molecule has 2 rings (SSSR count). The van der Waals surface area contributed by atoms with Crippen molar-refractivity contribution >= 4 is 17.4 Å². The Morgan fingerprint density at radius 3 is 2.73 bits per heavy atom. The largest absolute Gasteiger partial charge is 0.367 e. The van der Waals surface area contributed by atoms with Crippen LogP contribution in [0, 0.1) is 12.3 Å². The summed E-state index contributed by atoms with van der Waals surface area (Å²) in [6, 6.07) is 6.47. The van der Waals surface area contributed by atoms with E-state index in [0.717, 1.165) is 17.9 Å². The molecule has 1 aliphatic rings. The molecule has 1 N–H and O–H groups in total. The van der Waals surface area contributed by atoms with E-state index in [1.54, 1.807) is 0 Å². The molecule has 1 aromatic heterocycles. The van der Waals surface area contributed by atoms with Crippen molar-refractivity contribution < 1.29 is 0 Å². The van der Waals surface area contributed by atoms with Crippen LogP contribution in [0.4, 0.5) is 5.82 Å². The number of nitrogens with zero attached hydrogens (tertiary/aromatic N) is 1. The van der Waals surface area contributed by atoms with Crippen LogP contribution >= 0.6 is 11.6 Å². The summed E-state index contributed by atoms with van der Waals surface area (Å²) in [5.41, 5.74) is 1.20. The Morgan fingerprint density at radius 2 is 2.20 bits per heavy atom. The van der Waals surface area contributed by atoms with E-state index >= 15 is 0 Å². The van der Waals surface area contributed by atoms with E-state index in [1.807, 2.05) is 25.1 Å². The van der Waals surface area contributed by atoms with Crippen LogP contribution < -0.4 is 5.32 Å². The molecular weight excluding hydrogens is 208 g/mol. The second kappa shape index (κ2) is 3.67. The molecule has 0 spiro atoms. The summed E-state index contributed by atoms with van der Waals surface area (Å²) in [7, 11) is 0. The minimum atomic E-state index is 0.160. The zero-order valence-electron chi connectivity index (χ0n) is 9.42. The monoisotopic (exact) mass is 224 g/mol. The lowest BCUT2D eigenvalue weighted by Gasteiger charge is -2.49. The Labute approximate surface area is 96.1 Å². The van der Waals surface area contributed by atoms with Crippen molar-refractivity contribution in [3.8, 4) is 0 Å². The maximum atomic E-state index is 6.17. The molecule has 1 heterocycles. The number of hydrogen-bond donors (Lipinski definition) is 1. The summed E-state index contributed by atoms with van der Waals surface area (Å²) < 4.78 is 0. The van der Waals surface area contributed by atoms with Gasteiger partial charge in [0.25, 0.3) is 0 Å². The van der Waals surface area contributed by atoms with Gasteiger partial charge in [0.05, 0.1) is 0 Å². The highest BCUT2D eigenvalue weighted by molar-refractivity contribution is 6.21. The molecule has 1 fully saturated rings. The van der Waals surface area contributed by atoms with E-state index in [9.17, 15) is 0 Å². The van der Waals surface area contributed by atoms with Gasteiger partial charge >= 0.3 is 0 Å². The standard InChI is InChI=1S/C12H17ClN2/c1-8-5-4-6-11(14-8)15-10-7-9(13)12(10,2)3/h4-6,9-10H,7H2,1-3H3,(H,14,15). The van der Waals surface area contributed by atoms with Gasteiger partial charge in [0.2, 0.25) is 0 Å². The average Bonchev–Trinajstić information content (AvgIpc) is 2.17. The maximum absolute atomic E-state index is 6.17. The van der Waals surface area contributed by atoms with Crippen molar-refractivity contribution in [2.75, 3.05) is 5.32 Å². The fourth-order valence-corrected chi connectivity index (χ4v) is 2.25. The van der Waals surface area contributed by atoms with Gasteiger partial charge in [0.1, 0.15) is 5.82 Å². The molecule has 1 aliphatic carbocycles. The van der Waals surface area contributed by atoms with Gasteiger partial charge < -0.3 is 5.32 Å². The minimum Gasteiger partial charge on any atom is -0.367 e. The molecule has 1 saturated carbocycles. The number of alkyl halides is 1. The van der Waals surface area contributed by atoms with E-state index in [4.69, 9.17) is 11.6 Å². The highest BCUT2D eigenvalue weighted by atomic mass is 35.5. The number of rotatable bonds is 2. The van der Waals surface area contributed by atoms with E-state index in [1.165, 1.54) is 0 Å². The lowest BCUT2D eigenvalue weighted by atomic mass is 9.67.